The summed E-state index contributed by atoms with van der Waals surface area (Å²) in [5, 5.41) is 0. The molecule has 0 saturated heterocycles. The van der Waals surface area contributed by atoms with Crippen LogP contribution in [0.2, 0.25) is 0 Å². The Kier molecular flexibility index (Phi) is 3.36. The lowest BCUT2D eigenvalue weighted by molar-refractivity contribution is 0.242. The fourth-order valence-electron chi connectivity index (χ4n) is 3.42. The van der Waals surface area contributed by atoms with E-state index in [2.05, 4.69) is 14.9 Å². The number of aryl methyl sites for hydroxylation is 1. The van der Waals surface area contributed by atoms with Crippen LogP contribution in [0.3, 0.4) is 0 Å². The van der Waals surface area contributed by atoms with Crippen LogP contribution in [-0.2, 0) is 12.8 Å². The number of ether oxygens (including phenoxy) is 1. The Morgan fingerprint density at radius 3 is 3.00 bits per heavy atom. The largest absolute Gasteiger partial charge is 0.489 e. The van der Waals surface area contributed by atoms with Crippen molar-refractivity contribution in [3.63, 3.8) is 0 Å². The van der Waals surface area contributed by atoms with Gasteiger partial charge in [0, 0.05) is 23.5 Å². The van der Waals surface area contributed by atoms with Gasteiger partial charge in [-0.2, -0.15) is 0 Å². The van der Waals surface area contributed by atoms with Crippen LogP contribution in [0.25, 0.3) is 0 Å². The van der Waals surface area contributed by atoms with E-state index in [0.717, 1.165) is 24.3 Å². The summed E-state index contributed by atoms with van der Waals surface area (Å²) in [6.45, 7) is 4.39. The van der Waals surface area contributed by atoms with Crippen molar-refractivity contribution in [2.24, 2.45) is 4.99 Å². The molecule has 4 nitrogen and oxygen atoms in total. The number of benzene rings is 1. The fraction of sp³-hybridized carbons (Fsp3) is 0.389. The fourth-order valence-corrected chi connectivity index (χ4v) is 3.42. The highest BCUT2D eigenvalue weighted by molar-refractivity contribution is 5.94. The molecule has 0 amide bonds. The molecule has 120 valence electrons. The SMILES string of the molecule is CC(C)Oc1cc(F)ccc1N1CN=Cc2c1[nH]c1c2CCC1. The normalized spacial score (nSPS) is 15.9. The highest BCUT2D eigenvalue weighted by Crippen LogP contribution is 2.40. The number of hydrogen-bond acceptors (Lipinski definition) is 3. The molecule has 1 aliphatic carbocycles. The van der Waals surface area contributed by atoms with Crippen molar-refractivity contribution in [2.45, 2.75) is 39.2 Å². The number of aromatic amines is 1. The number of anilines is 2. The van der Waals surface area contributed by atoms with Gasteiger partial charge in [-0.15, -0.1) is 0 Å². The van der Waals surface area contributed by atoms with E-state index in [1.54, 1.807) is 6.07 Å². The third kappa shape index (κ3) is 2.40. The molecule has 23 heavy (non-hydrogen) atoms. The van der Waals surface area contributed by atoms with Gasteiger partial charge in [-0.05, 0) is 50.8 Å². The molecular weight excluding hydrogens is 293 g/mol. The molecule has 5 heteroatoms. The summed E-state index contributed by atoms with van der Waals surface area (Å²) in [5.41, 5.74) is 4.70. The van der Waals surface area contributed by atoms with Crippen molar-refractivity contribution in [3.8, 4) is 5.75 Å². The van der Waals surface area contributed by atoms with Crippen LogP contribution in [0, 0.1) is 5.82 Å². The van der Waals surface area contributed by atoms with Gasteiger partial charge in [0.25, 0.3) is 0 Å². The van der Waals surface area contributed by atoms with Crippen LogP contribution in [-0.4, -0.2) is 24.0 Å². The zero-order valence-corrected chi connectivity index (χ0v) is 13.4. The summed E-state index contributed by atoms with van der Waals surface area (Å²) in [6, 6.07) is 4.69. The monoisotopic (exact) mass is 313 g/mol. The highest BCUT2D eigenvalue weighted by Gasteiger charge is 2.27. The average molecular weight is 313 g/mol. The van der Waals surface area contributed by atoms with Crippen LogP contribution < -0.4 is 9.64 Å². The Hall–Kier alpha value is -2.30. The summed E-state index contributed by atoms with van der Waals surface area (Å²) >= 11 is 0. The van der Waals surface area contributed by atoms with Gasteiger partial charge < -0.3 is 14.6 Å². The number of fused-ring (bicyclic) bond motifs is 3. The standard InChI is InChI=1S/C18H20FN3O/c1-11(2)23-17-8-12(19)6-7-16(17)22-10-20-9-14-13-4-3-5-15(13)21-18(14)22/h6-9,11,21H,3-5,10H2,1-2H3. The first kappa shape index (κ1) is 14.3. The van der Waals surface area contributed by atoms with Crippen molar-refractivity contribution >= 4 is 17.7 Å². The first-order chi connectivity index (χ1) is 11.1. The zero-order chi connectivity index (χ0) is 16.0. The maximum atomic E-state index is 13.7. The number of hydrogen-bond donors (Lipinski definition) is 1. The van der Waals surface area contributed by atoms with Crippen molar-refractivity contribution < 1.29 is 9.13 Å². The predicted octanol–water partition coefficient (Wildman–Crippen LogP) is 3.96. The molecule has 0 spiro atoms. The second kappa shape index (κ2) is 5.41. The number of halogens is 1. The molecule has 2 aromatic rings. The molecule has 1 N–H and O–H groups in total. The smallest absolute Gasteiger partial charge is 0.146 e. The van der Waals surface area contributed by atoms with Gasteiger partial charge in [0.05, 0.1) is 11.8 Å². The summed E-state index contributed by atoms with van der Waals surface area (Å²) in [6.07, 6.45) is 5.32. The van der Waals surface area contributed by atoms with Crippen molar-refractivity contribution in [1.29, 1.82) is 0 Å². The molecule has 0 unspecified atom stereocenters. The van der Waals surface area contributed by atoms with E-state index >= 15 is 0 Å². The number of nitrogens with zero attached hydrogens (tertiary/aromatic N) is 2. The number of nitrogens with one attached hydrogen (secondary N) is 1. The van der Waals surface area contributed by atoms with Crippen LogP contribution >= 0.6 is 0 Å². The Morgan fingerprint density at radius 1 is 1.30 bits per heavy atom. The van der Waals surface area contributed by atoms with Gasteiger partial charge in [-0.3, -0.25) is 4.99 Å². The highest BCUT2D eigenvalue weighted by atomic mass is 19.1. The Balaban J connectivity index is 1.79. The topological polar surface area (TPSA) is 40.6 Å². The zero-order valence-electron chi connectivity index (χ0n) is 13.4. The van der Waals surface area contributed by atoms with Gasteiger partial charge in [-0.1, -0.05) is 0 Å². The second-order valence-corrected chi connectivity index (χ2v) is 6.36. The molecule has 1 aromatic carbocycles. The first-order valence-corrected chi connectivity index (χ1v) is 8.11. The number of aromatic nitrogens is 1. The molecule has 1 aliphatic heterocycles. The second-order valence-electron chi connectivity index (χ2n) is 6.36. The summed E-state index contributed by atoms with van der Waals surface area (Å²) in [4.78, 5) is 10.1. The van der Waals surface area contributed by atoms with Crippen LogP contribution in [0.5, 0.6) is 5.75 Å². The first-order valence-electron chi connectivity index (χ1n) is 8.11. The third-order valence-corrected chi connectivity index (χ3v) is 4.36. The lowest BCUT2D eigenvalue weighted by Gasteiger charge is -2.28. The molecule has 0 fully saturated rings. The van der Waals surface area contributed by atoms with E-state index in [1.165, 1.54) is 35.4 Å². The maximum absolute atomic E-state index is 13.7. The van der Waals surface area contributed by atoms with Crippen LogP contribution in [0.1, 0.15) is 37.1 Å². The van der Waals surface area contributed by atoms with Crippen LogP contribution in [0.4, 0.5) is 15.9 Å². The maximum Gasteiger partial charge on any atom is 0.146 e. The molecule has 0 radical (unpaired) electrons. The molecule has 1 aromatic heterocycles. The number of aliphatic imine (C=N–C) groups is 1. The molecule has 0 bridgehead atoms. The van der Waals surface area contributed by atoms with Crippen molar-refractivity contribution in [1.82, 2.24) is 4.98 Å². The minimum Gasteiger partial charge on any atom is -0.489 e. The van der Waals surface area contributed by atoms with E-state index in [0.29, 0.717) is 12.4 Å². The summed E-state index contributed by atoms with van der Waals surface area (Å²) in [7, 11) is 0. The van der Waals surface area contributed by atoms with Gasteiger partial charge in [0.15, 0.2) is 0 Å². The van der Waals surface area contributed by atoms with E-state index in [1.807, 2.05) is 20.1 Å². The van der Waals surface area contributed by atoms with Crippen molar-refractivity contribution in [2.75, 3.05) is 11.6 Å². The van der Waals surface area contributed by atoms with E-state index in [4.69, 9.17) is 4.74 Å². The Morgan fingerprint density at radius 2 is 2.17 bits per heavy atom. The lowest BCUT2D eigenvalue weighted by Crippen LogP contribution is -2.23. The molecule has 0 saturated carbocycles. The number of H-pyrrole nitrogens is 1. The summed E-state index contributed by atoms with van der Waals surface area (Å²) < 4.78 is 19.5. The molecule has 4 rings (SSSR count). The Labute approximate surface area is 135 Å². The Bertz CT molecular complexity index is 779. The van der Waals surface area contributed by atoms with Gasteiger partial charge in [0.2, 0.25) is 0 Å². The predicted molar refractivity (Wildman–Crippen MR) is 89.6 cm³/mol. The van der Waals surface area contributed by atoms with Crippen molar-refractivity contribution in [3.05, 3.63) is 40.8 Å². The number of rotatable bonds is 3. The van der Waals surface area contributed by atoms with E-state index in [9.17, 15) is 4.39 Å². The van der Waals surface area contributed by atoms with E-state index < -0.39 is 0 Å². The van der Waals surface area contributed by atoms with Gasteiger partial charge >= 0.3 is 0 Å². The van der Waals surface area contributed by atoms with E-state index in [-0.39, 0.29) is 11.9 Å². The van der Waals surface area contributed by atoms with Gasteiger partial charge in [-0.25, -0.2) is 4.39 Å². The third-order valence-electron chi connectivity index (χ3n) is 4.36. The minimum absolute atomic E-state index is 0.0167. The quantitative estimate of drug-likeness (QED) is 0.932. The molecule has 0 atom stereocenters. The minimum atomic E-state index is -0.292. The average Bonchev–Trinajstić information content (AvgIpc) is 3.07. The van der Waals surface area contributed by atoms with Crippen LogP contribution in [0.15, 0.2) is 23.2 Å². The molecular formula is C18H20FN3O. The lowest BCUT2D eigenvalue weighted by atomic mass is 10.1. The van der Waals surface area contributed by atoms with Gasteiger partial charge in [0.1, 0.15) is 24.1 Å². The molecule has 2 aliphatic rings. The molecule has 2 heterocycles. The summed E-state index contributed by atoms with van der Waals surface area (Å²) in [5.74, 6) is 1.31.